The van der Waals surface area contributed by atoms with E-state index < -0.39 is 19.7 Å². The van der Waals surface area contributed by atoms with E-state index in [4.69, 9.17) is 0 Å². The van der Waals surface area contributed by atoms with Gasteiger partial charge in [0, 0.05) is 104 Å². The van der Waals surface area contributed by atoms with E-state index in [9.17, 15) is 40.5 Å². The monoisotopic (exact) mass is 750 g/mol. The van der Waals surface area contributed by atoms with Gasteiger partial charge in [-0.3, -0.25) is 40.5 Å². The van der Waals surface area contributed by atoms with E-state index >= 15 is 0 Å². The molecule has 0 saturated heterocycles. The number of hydrogen-bond donors (Lipinski definition) is 0. The van der Waals surface area contributed by atoms with Gasteiger partial charge in [0.25, 0.3) is 22.7 Å². The van der Waals surface area contributed by atoms with Gasteiger partial charge in [-0.1, -0.05) is 0 Å². The van der Waals surface area contributed by atoms with Crippen LogP contribution in [0, 0.1) is 40.5 Å². The second kappa shape index (κ2) is 11.7. The molecule has 7 aromatic rings. The number of hydrogen-bond acceptors (Lipinski definition) is 14. The molecule has 0 radical (unpaired) electrons. The van der Waals surface area contributed by atoms with Gasteiger partial charge in [-0.25, -0.2) is 9.97 Å². The summed E-state index contributed by atoms with van der Waals surface area (Å²) in [5.74, 6) is -0.0435. The summed E-state index contributed by atoms with van der Waals surface area (Å²) in [5.41, 5.74) is -0.0187. The van der Waals surface area contributed by atoms with Crippen LogP contribution in [0.3, 0.4) is 0 Å². The summed E-state index contributed by atoms with van der Waals surface area (Å²) in [4.78, 5) is 81.5. The van der Waals surface area contributed by atoms with Gasteiger partial charge < -0.3 is 29.9 Å². The Morgan fingerprint density at radius 2 is 0.679 bits per heavy atom. The number of rotatable bonds is 4. The largest absolute Gasteiger partial charge is 2.00 e. The van der Waals surface area contributed by atoms with Gasteiger partial charge in [-0.2, -0.15) is 0 Å². The minimum absolute atomic E-state index is 0. The van der Waals surface area contributed by atoms with Crippen molar-refractivity contribution in [1.29, 1.82) is 0 Å². The van der Waals surface area contributed by atoms with Crippen LogP contribution in [0.4, 0.5) is 22.7 Å². The fraction of sp³-hybridized carbons (Fsp3) is 0. The van der Waals surface area contributed by atoms with E-state index in [0.29, 0.717) is 21.9 Å². The van der Waals surface area contributed by atoms with Crippen molar-refractivity contribution in [3.05, 3.63) is 113 Å². The number of aromatic nitrogens is 8. The summed E-state index contributed by atoms with van der Waals surface area (Å²) < 4.78 is 0. The quantitative estimate of drug-likeness (QED) is 0.117. The number of fused-ring (bicyclic) bond motifs is 20. The number of non-ortho nitro benzene ring substituents is 4. The Hall–Kier alpha value is -7.67. The Morgan fingerprint density at radius 3 is 1.04 bits per heavy atom. The molecule has 0 amide bonds. The molecule has 3 aromatic heterocycles. The molecule has 53 heavy (non-hydrogen) atoms. The van der Waals surface area contributed by atoms with Crippen LogP contribution in [0.25, 0.3) is 89.7 Å². The topological polar surface area (TPSA) is 278 Å². The maximum Gasteiger partial charge on any atom is 2.00 e. The van der Waals surface area contributed by atoms with E-state index in [2.05, 4.69) is 39.9 Å². The van der Waals surface area contributed by atoms with Gasteiger partial charge in [0.05, 0.1) is 43.0 Å². The SMILES string of the molecule is O=[N+]([O-])c1ccc2c(c1)-c1nc-2nc2[n-]c(nc3nc(nc4[n-]c(n1)c1ccc([N+](=O)[O-])cc41)-c1ccc([N+](=O)[O-])cc1-3)c1ccc([N+](=O)[O-])cc21.[Ni+2]. The van der Waals surface area contributed by atoms with Gasteiger partial charge in [0.2, 0.25) is 0 Å². The zero-order chi connectivity index (χ0) is 36.0. The first-order chi connectivity index (χ1) is 25.0. The van der Waals surface area contributed by atoms with Crippen LogP contribution < -0.4 is 9.97 Å². The number of benzene rings is 4. The molecule has 8 bridgehead atoms. The first-order valence-electron chi connectivity index (χ1n) is 14.9. The van der Waals surface area contributed by atoms with Crippen LogP contribution in [-0.4, -0.2) is 49.6 Å². The van der Waals surface area contributed by atoms with Gasteiger partial charge in [0.15, 0.2) is 0 Å². The van der Waals surface area contributed by atoms with Crippen molar-refractivity contribution in [1.82, 2.24) is 39.9 Å². The second-order valence-electron chi connectivity index (χ2n) is 11.4. The third-order valence-corrected chi connectivity index (χ3v) is 8.48. The molecule has 258 valence electrons. The summed E-state index contributed by atoms with van der Waals surface area (Å²) in [5, 5.41) is 48.1. The average molecular weight is 751 g/mol. The van der Waals surface area contributed by atoms with E-state index in [1.165, 1.54) is 72.8 Å². The molecule has 4 aromatic carbocycles. The van der Waals surface area contributed by atoms with E-state index in [1.807, 2.05) is 0 Å². The van der Waals surface area contributed by atoms with Crippen molar-refractivity contribution >= 4 is 66.9 Å². The zero-order valence-electron chi connectivity index (χ0n) is 25.9. The Labute approximate surface area is 301 Å². The van der Waals surface area contributed by atoms with E-state index in [1.54, 1.807) is 0 Å². The van der Waals surface area contributed by atoms with Gasteiger partial charge in [-0.15, -0.1) is 0 Å². The first-order valence-corrected chi connectivity index (χ1v) is 14.9. The Kier molecular flexibility index (Phi) is 7.19. The standard InChI is InChI=1S/C32H12N12O8.Ni/c45-41(46)13-1-5-17-21(9-13)29-33-25(17)37-30-22-10-14(42(47)48)2-6-18(22)27(34-30)39-32-24-12-16(44(51)52)4-8-20(24)28(36-32)40-31-23-11-15(43(49)50)3-7-19(23)26(35-31)38-29;/h1-12H;/q-2;+2. The molecule has 9 rings (SSSR count). The van der Waals surface area contributed by atoms with Crippen molar-refractivity contribution in [2.24, 2.45) is 0 Å². The van der Waals surface area contributed by atoms with Gasteiger partial charge >= 0.3 is 16.5 Å². The fourth-order valence-electron chi connectivity index (χ4n) is 6.07. The number of nitrogens with zero attached hydrogens (tertiary/aromatic N) is 12. The molecule has 21 heteroatoms. The summed E-state index contributed by atoms with van der Waals surface area (Å²) in [7, 11) is 0. The molecule has 20 nitrogen and oxygen atoms in total. The third-order valence-electron chi connectivity index (χ3n) is 8.48. The molecular weight excluding hydrogens is 739 g/mol. The molecule has 0 N–H and O–H groups in total. The predicted molar refractivity (Wildman–Crippen MR) is 181 cm³/mol. The fourth-order valence-corrected chi connectivity index (χ4v) is 6.07. The van der Waals surface area contributed by atoms with Crippen LogP contribution in [0.2, 0.25) is 0 Å². The van der Waals surface area contributed by atoms with Crippen molar-refractivity contribution in [3.63, 3.8) is 0 Å². The zero-order valence-corrected chi connectivity index (χ0v) is 26.9. The van der Waals surface area contributed by atoms with Crippen LogP contribution in [0.1, 0.15) is 0 Å². The minimum atomic E-state index is -0.589. The first kappa shape index (κ1) is 32.5. The molecular formula is C32H12N12NiO8. The Bertz CT molecular complexity index is 2820. The molecule has 0 unspecified atom stereocenters. The van der Waals surface area contributed by atoms with Crippen LogP contribution >= 0.6 is 0 Å². The summed E-state index contributed by atoms with van der Waals surface area (Å²) in [6.07, 6.45) is 0. The Morgan fingerprint density at radius 1 is 0.377 bits per heavy atom. The van der Waals surface area contributed by atoms with E-state index in [-0.39, 0.29) is 107 Å². The van der Waals surface area contributed by atoms with Crippen LogP contribution in [-0.2, 0) is 16.5 Å². The summed E-state index contributed by atoms with van der Waals surface area (Å²) in [6, 6.07) is 15.8. The summed E-state index contributed by atoms with van der Waals surface area (Å²) >= 11 is 0. The molecule has 0 saturated carbocycles. The average Bonchev–Trinajstić information content (AvgIpc) is 3.85. The Balaban J connectivity index is 0.00000400. The smallest absolute Gasteiger partial charge is 0.357 e. The molecule has 0 atom stereocenters. The molecule has 0 spiro atoms. The van der Waals surface area contributed by atoms with E-state index in [0.717, 1.165) is 0 Å². The molecule has 2 aliphatic rings. The molecule has 2 aliphatic heterocycles. The van der Waals surface area contributed by atoms with Crippen LogP contribution in [0.5, 0.6) is 0 Å². The summed E-state index contributed by atoms with van der Waals surface area (Å²) in [6.45, 7) is 0. The molecule has 0 fully saturated rings. The number of nitro groups is 4. The van der Waals surface area contributed by atoms with Crippen molar-refractivity contribution in [3.8, 4) is 45.6 Å². The van der Waals surface area contributed by atoms with Gasteiger partial charge in [0.1, 0.15) is 0 Å². The second-order valence-corrected chi connectivity index (χ2v) is 11.4. The van der Waals surface area contributed by atoms with Gasteiger partial charge in [-0.05, 0) is 35.0 Å². The van der Waals surface area contributed by atoms with Crippen molar-refractivity contribution in [2.75, 3.05) is 0 Å². The van der Waals surface area contributed by atoms with Crippen LogP contribution in [0.15, 0.2) is 72.8 Å². The minimum Gasteiger partial charge on any atom is -0.357 e. The third kappa shape index (κ3) is 5.14. The van der Waals surface area contributed by atoms with Crippen molar-refractivity contribution in [2.45, 2.75) is 0 Å². The normalized spacial score (nSPS) is 11.5. The molecule has 5 heterocycles. The maximum absolute atomic E-state index is 11.8. The predicted octanol–water partition coefficient (Wildman–Crippen LogP) is 5.76. The maximum atomic E-state index is 11.8. The number of nitro benzene ring substituents is 4. The molecule has 0 aliphatic carbocycles. The van der Waals surface area contributed by atoms with Crippen molar-refractivity contribution < 1.29 is 36.2 Å².